The number of benzene rings is 1. The van der Waals surface area contributed by atoms with E-state index in [-0.39, 0.29) is 17.4 Å². The van der Waals surface area contributed by atoms with E-state index in [1.165, 1.54) is 18.2 Å². The maximum absolute atomic E-state index is 12.1. The summed E-state index contributed by atoms with van der Waals surface area (Å²) in [4.78, 5) is 14.2. The molecule has 0 bridgehead atoms. The van der Waals surface area contributed by atoms with E-state index in [4.69, 9.17) is 5.26 Å². The first-order chi connectivity index (χ1) is 10.5. The van der Waals surface area contributed by atoms with Gasteiger partial charge in [0.15, 0.2) is 0 Å². The summed E-state index contributed by atoms with van der Waals surface area (Å²) in [6.45, 7) is 5.57. The molecular weight excluding hydrogens is 278 g/mol. The van der Waals surface area contributed by atoms with Gasteiger partial charge in [0.25, 0.3) is 5.91 Å². The Morgan fingerprint density at radius 2 is 2.27 bits per heavy atom. The Bertz CT molecular complexity index is 576. The quantitative estimate of drug-likeness (QED) is 0.597. The fourth-order valence-electron chi connectivity index (χ4n) is 1.99. The normalized spacial score (nSPS) is 12.8. The van der Waals surface area contributed by atoms with Gasteiger partial charge in [-0.3, -0.25) is 4.79 Å². The minimum atomic E-state index is -0.400. The minimum Gasteiger partial charge on any atom is -0.508 e. The van der Waals surface area contributed by atoms with Crippen LogP contribution < -0.4 is 5.32 Å². The SMILES string of the molecule is CCCN(C)C(C)CNC(=O)/C(C#N)=C/c1cccc(O)c1. The van der Waals surface area contributed by atoms with Crippen LogP contribution >= 0.6 is 0 Å². The van der Waals surface area contributed by atoms with Crippen LogP contribution in [0.1, 0.15) is 25.8 Å². The number of nitrogens with one attached hydrogen (secondary N) is 1. The molecule has 0 saturated carbocycles. The van der Waals surface area contributed by atoms with Gasteiger partial charge in [-0.1, -0.05) is 19.1 Å². The van der Waals surface area contributed by atoms with Crippen LogP contribution in [-0.2, 0) is 4.79 Å². The number of rotatable bonds is 7. The van der Waals surface area contributed by atoms with Crippen molar-refractivity contribution >= 4 is 12.0 Å². The molecule has 118 valence electrons. The summed E-state index contributed by atoms with van der Waals surface area (Å²) in [7, 11) is 2.01. The highest BCUT2D eigenvalue weighted by Gasteiger charge is 2.13. The number of hydrogen-bond acceptors (Lipinski definition) is 4. The standard InChI is InChI=1S/C17H23N3O2/c1-4-8-20(3)13(2)12-19-17(22)15(11-18)9-14-6-5-7-16(21)10-14/h5-7,9-10,13,21H,4,8,12H2,1-3H3,(H,19,22)/b15-9+. The Morgan fingerprint density at radius 1 is 1.55 bits per heavy atom. The fraction of sp³-hybridized carbons (Fsp3) is 0.412. The Hall–Kier alpha value is -2.32. The third kappa shape index (κ3) is 5.58. The number of nitrogens with zero attached hydrogens (tertiary/aromatic N) is 2. The number of phenols is 1. The van der Waals surface area contributed by atoms with Crippen LogP contribution in [0.4, 0.5) is 0 Å². The zero-order valence-electron chi connectivity index (χ0n) is 13.3. The number of amides is 1. The number of likely N-dealkylation sites (N-methyl/N-ethyl adjacent to an activating group) is 1. The summed E-state index contributed by atoms with van der Waals surface area (Å²) in [5.74, 6) is -0.302. The van der Waals surface area contributed by atoms with E-state index in [0.717, 1.165) is 13.0 Å². The molecule has 1 amide bonds. The molecule has 0 aliphatic carbocycles. The largest absolute Gasteiger partial charge is 0.508 e. The minimum absolute atomic E-state index is 0.0240. The molecule has 1 unspecified atom stereocenters. The molecule has 0 spiro atoms. The van der Waals surface area contributed by atoms with Gasteiger partial charge in [0.1, 0.15) is 17.4 Å². The number of carbonyl (C=O) groups is 1. The van der Waals surface area contributed by atoms with E-state index < -0.39 is 5.91 Å². The number of nitriles is 1. The Kier molecular flexibility index (Phi) is 7.14. The molecule has 0 heterocycles. The first-order valence-corrected chi connectivity index (χ1v) is 7.37. The zero-order chi connectivity index (χ0) is 16.5. The molecule has 0 aliphatic heterocycles. The second-order valence-electron chi connectivity index (χ2n) is 5.30. The van der Waals surface area contributed by atoms with E-state index in [9.17, 15) is 9.90 Å². The molecule has 1 aromatic carbocycles. The van der Waals surface area contributed by atoms with Gasteiger partial charge in [0.2, 0.25) is 0 Å². The molecule has 0 aliphatic rings. The molecule has 0 radical (unpaired) electrons. The van der Waals surface area contributed by atoms with Gasteiger partial charge in [-0.05, 0) is 50.7 Å². The van der Waals surface area contributed by atoms with Gasteiger partial charge in [0.05, 0.1) is 0 Å². The summed E-state index contributed by atoms with van der Waals surface area (Å²) in [6, 6.07) is 8.53. The van der Waals surface area contributed by atoms with Crippen LogP contribution in [0.5, 0.6) is 5.75 Å². The molecule has 0 saturated heterocycles. The lowest BCUT2D eigenvalue weighted by molar-refractivity contribution is -0.117. The first kappa shape index (κ1) is 17.7. The van der Waals surface area contributed by atoms with Crippen molar-refractivity contribution in [2.75, 3.05) is 20.1 Å². The molecule has 1 rings (SSSR count). The Balaban J connectivity index is 2.68. The monoisotopic (exact) mass is 301 g/mol. The lowest BCUT2D eigenvalue weighted by atomic mass is 10.1. The highest BCUT2D eigenvalue weighted by Crippen LogP contribution is 2.14. The fourth-order valence-corrected chi connectivity index (χ4v) is 1.99. The maximum Gasteiger partial charge on any atom is 0.262 e. The molecule has 5 nitrogen and oxygen atoms in total. The van der Waals surface area contributed by atoms with Crippen molar-refractivity contribution in [1.29, 1.82) is 5.26 Å². The molecule has 22 heavy (non-hydrogen) atoms. The van der Waals surface area contributed by atoms with Crippen LogP contribution in [-0.4, -0.2) is 42.1 Å². The second-order valence-corrected chi connectivity index (χ2v) is 5.30. The smallest absolute Gasteiger partial charge is 0.262 e. The average molecular weight is 301 g/mol. The Labute approximate surface area is 131 Å². The average Bonchev–Trinajstić information content (AvgIpc) is 2.50. The van der Waals surface area contributed by atoms with Gasteiger partial charge in [-0.25, -0.2) is 0 Å². The van der Waals surface area contributed by atoms with Crippen LogP contribution in [0.25, 0.3) is 6.08 Å². The van der Waals surface area contributed by atoms with Crippen LogP contribution in [0.2, 0.25) is 0 Å². The highest BCUT2D eigenvalue weighted by atomic mass is 16.3. The summed E-state index contributed by atoms with van der Waals surface area (Å²) in [6.07, 6.45) is 2.52. The van der Waals surface area contributed by atoms with Crippen LogP contribution in [0.15, 0.2) is 29.8 Å². The van der Waals surface area contributed by atoms with Crippen molar-refractivity contribution in [3.05, 3.63) is 35.4 Å². The molecule has 1 atom stereocenters. The van der Waals surface area contributed by atoms with E-state index in [0.29, 0.717) is 12.1 Å². The maximum atomic E-state index is 12.1. The third-order valence-electron chi connectivity index (χ3n) is 3.43. The highest BCUT2D eigenvalue weighted by molar-refractivity contribution is 6.01. The summed E-state index contributed by atoms with van der Waals surface area (Å²) >= 11 is 0. The van der Waals surface area contributed by atoms with Gasteiger partial charge in [-0.2, -0.15) is 5.26 Å². The lowest BCUT2D eigenvalue weighted by Crippen LogP contribution is -2.40. The van der Waals surface area contributed by atoms with Crippen molar-refractivity contribution < 1.29 is 9.90 Å². The topological polar surface area (TPSA) is 76.4 Å². The van der Waals surface area contributed by atoms with Crippen molar-refractivity contribution in [2.45, 2.75) is 26.3 Å². The van der Waals surface area contributed by atoms with Gasteiger partial charge in [-0.15, -0.1) is 0 Å². The van der Waals surface area contributed by atoms with Crippen molar-refractivity contribution in [3.8, 4) is 11.8 Å². The summed E-state index contributed by atoms with van der Waals surface area (Å²) in [5, 5.41) is 21.3. The van der Waals surface area contributed by atoms with Gasteiger partial charge >= 0.3 is 0 Å². The first-order valence-electron chi connectivity index (χ1n) is 7.37. The van der Waals surface area contributed by atoms with Gasteiger partial charge < -0.3 is 15.3 Å². The number of aromatic hydroxyl groups is 1. The molecule has 2 N–H and O–H groups in total. The van der Waals surface area contributed by atoms with Crippen LogP contribution in [0, 0.1) is 11.3 Å². The molecular formula is C17H23N3O2. The van der Waals surface area contributed by atoms with Crippen molar-refractivity contribution in [2.24, 2.45) is 0 Å². The molecule has 0 aromatic heterocycles. The number of hydrogen-bond donors (Lipinski definition) is 2. The molecule has 5 heteroatoms. The van der Waals surface area contributed by atoms with E-state index in [1.54, 1.807) is 12.1 Å². The predicted molar refractivity (Wildman–Crippen MR) is 87.1 cm³/mol. The van der Waals surface area contributed by atoms with E-state index in [2.05, 4.69) is 17.1 Å². The van der Waals surface area contributed by atoms with Crippen molar-refractivity contribution in [1.82, 2.24) is 10.2 Å². The summed E-state index contributed by atoms with van der Waals surface area (Å²) < 4.78 is 0. The van der Waals surface area contributed by atoms with E-state index >= 15 is 0 Å². The predicted octanol–water partition coefficient (Wildman–Crippen LogP) is 2.15. The molecule has 1 aromatic rings. The Morgan fingerprint density at radius 3 is 2.86 bits per heavy atom. The van der Waals surface area contributed by atoms with Gasteiger partial charge in [0, 0.05) is 12.6 Å². The van der Waals surface area contributed by atoms with Crippen molar-refractivity contribution in [3.63, 3.8) is 0 Å². The van der Waals surface area contributed by atoms with E-state index in [1.807, 2.05) is 20.0 Å². The number of phenolic OH excluding ortho intramolecular Hbond substituents is 1. The summed E-state index contributed by atoms with van der Waals surface area (Å²) in [5.41, 5.74) is 0.638. The number of carbonyl (C=O) groups excluding carboxylic acids is 1. The second kappa shape index (κ2) is 8.85. The zero-order valence-corrected chi connectivity index (χ0v) is 13.3. The lowest BCUT2D eigenvalue weighted by Gasteiger charge is -2.24. The third-order valence-corrected chi connectivity index (χ3v) is 3.43. The molecule has 0 fully saturated rings. The van der Waals surface area contributed by atoms with Crippen LogP contribution in [0.3, 0.4) is 0 Å².